The van der Waals surface area contributed by atoms with Gasteiger partial charge in [0, 0.05) is 29.9 Å². The molecule has 0 spiro atoms. The molecule has 0 radical (unpaired) electrons. The van der Waals surface area contributed by atoms with Crippen LogP contribution in [-0.4, -0.2) is 29.8 Å². The zero-order chi connectivity index (χ0) is 27.2. The molecule has 0 atom stereocenters. The largest absolute Gasteiger partial charge is 0.496 e. The number of aromatic amines is 1. The highest BCUT2D eigenvalue weighted by Gasteiger charge is 2.32. The summed E-state index contributed by atoms with van der Waals surface area (Å²) in [6.45, 7) is 5.22. The minimum Gasteiger partial charge on any atom is -0.496 e. The van der Waals surface area contributed by atoms with Crippen LogP contribution in [0.1, 0.15) is 86.5 Å². The maximum absolute atomic E-state index is 14.0. The lowest BCUT2D eigenvalue weighted by atomic mass is 9.78. The molecule has 2 aliphatic carbocycles. The van der Waals surface area contributed by atoms with Gasteiger partial charge in [0.1, 0.15) is 5.75 Å². The number of ether oxygens (including phenoxy) is 1. The third-order valence-electron chi connectivity index (χ3n) is 8.82. The topological polar surface area (TPSA) is 58.2 Å². The van der Waals surface area contributed by atoms with Gasteiger partial charge in [-0.1, -0.05) is 37.0 Å². The molecule has 0 aliphatic heterocycles. The fourth-order valence-corrected chi connectivity index (χ4v) is 6.36. The Morgan fingerprint density at radius 1 is 1.00 bits per heavy atom. The van der Waals surface area contributed by atoms with Crippen LogP contribution in [0.2, 0.25) is 0 Å². The van der Waals surface area contributed by atoms with E-state index in [1.54, 1.807) is 19.5 Å². The van der Waals surface area contributed by atoms with E-state index >= 15 is 0 Å². The summed E-state index contributed by atoms with van der Waals surface area (Å²) in [6, 6.07) is 14.8. The van der Waals surface area contributed by atoms with Crippen LogP contribution in [0.3, 0.4) is 0 Å². The summed E-state index contributed by atoms with van der Waals surface area (Å²) < 4.78 is 5.46. The molecule has 1 amide bonds. The van der Waals surface area contributed by atoms with Crippen LogP contribution in [0.4, 0.5) is 5.69 Å². The molecule has 1 aromatic heterocycles. The molecule has 0 bridgehead atoms. The maximum atomic E-state index is 14.0. The molecule has 1 heterocycles. The average molecular weight is 524 g/mol. The van der Waals surface area contributed by atoms with Gasteiger partial charge < -0.3 is 9.64 Å². The number of carbonyl (C=O) groups excluding carboxylic acids is 1. The normalized spacial score (nSPS) is 22.9. The second-order valence-electron chi connectivity index (χ2n) is 11.6. The Labute approximate surface area is 233 Å². The minimum atomic E-state index is 0.125. The van der Waals surface area contributed by atoms with Crippen molar-refractivity contribution >= 4 is 11.6 Å². The molecule has 1 N–H and O–H groups in total. The van der Waals surface area contributed by atoms with Gasteiger partial charge in [0.05, 0.1) is 18.9 Å². The van der Waals surface area contributed by atoms with Crippen LogP contribution >= 0.6 is 0 Å². The van der Waals surface area contributed by atoms with E-state index in [1.807, 2.05) is 12.1 Å². The summed E-state index contributed by atoms with van der Waals surface area (Å²) in [6.07, 6.45) is 12.4. The molecule has 2 fully saturated rings. The smallest absolute Gasteiger partial charge is 0.230 e. The number of rotatable bonds is 6. The first-order valence-corrected chi connectivity index (χ1v) is 14.6. The Balaban J connectivity index is 1.31. The number of nitrogens with one attached hydrogen (secondary N) is 1. The first-order chi connectivity index (χ1) is 19.0. The molecule has 3 aromatic rings. The lowest BCUT2D eigenvalue weighted by Gasteiger charge is -2.36. The van der Waals surface area contributed by atoms with E-state index in [4.69, 9.17) is 4.74 Å². The van der Waals surface area contributed by atoms with Crippen LogP contribution in [0, 0.1) is 36.5 Å². The predicted molar refractivity (Wildman–Crippen MR) is 157 cm³/mol. The van der Waals surface area contributed by atoms with Gasteiger partial charge in [0.15, 0.2) is 0 Å². The second-order valence-corrected chi connectivity index (χ2v) is 11.6. The SMILES string of the molecule is COc1ccc([C@H]2CC[C@H](CN(c3cccc(C#Cc4cn[nH]c4)c3)C(=O)[C@H]3CC[C@H](C)CC3)CC2)cc1C. The quantitative estimate of drug-likeness (QED) is 0.346. The van der Waals surface area contributed by atoms with Crippen LogP contribution in [0.25, 0.3) is 0 Å². The number of aromatic nitrogens is 2. The van der Waals surface area contributed by atoms with Crippen LogP contribution in [-0.2, 0) is 4.79 Å². The van der Waals surface area contributed by atoms with E-state index in [2.05, 4.69) is 71.1 Å². The number of aryl methyl sites for hydroxylation is 1. The van der Waals surface area contributed by atoms with Gasteiger partial charge >= 0.3 is 0 Å². The van der Waals surface area contributed by atoms with Crippen molar-refractivity contribution in [2.24, 2.45) is 17.8 Å². The highest BCUT2D eigenvalue weighted by Crippen LogP contribution is 2.39. The summed E-state index contributed by atoms with van der Waals surface area (Å²) in [5, 5.41) is 6.78. The number of methoxy groups -OCH3 is 1. The van der Waals surface area contributed by atoms with E-state index in [1.165, 1.54) is 11.1 Å². The van der Waals surface area contributed by atoms with E-state index in [9.17, 15) is 4.79 Å². The molecule has 204 valence electrons. The van der Waals surface area contributed by atoms with Gasteiger partial charge in [-0.25, -0.2) is 0 Å². The van der Waals surface area contributed by atoms with E-state index in [-0.39, 0.29) is 5.92 Å². The number of amides is 1. The van der Waals surface area contributed by atoms with Crippen molar-refractivity contribution in [3.05, 3.63) is 77.1 Å². The number of hydrogen-bond donors (Lipinski definition) is 1. The van der Waals surface area contributed by atoms with Crippen molar-refractivity contribution in [1.82, 2.24) is 10.2 Å². The van der Waals surface area contributed by atoms with Gasteiger partial charge in [0.2, 0.25) is 5.91 Å². The maximum Gasteiger partial charge on any atom is 0.230 e. The Kier molecular flexibility index (Phi) is 8.71. The van der Waals surface area contributed by atoms with Crippen molar-refractivity contribution in [2.45, 2.75) is 71.1 Å². The number of nitrogens with zero attached hydrogens (tertiary/aromatic N) is 2. The van der Waals surface area contributed by atoms with Gasteiger partial charge in [-0.05, 0) is 111 Å². The molecule has 39 heavy (non-hydrogen) atoms. The van der Waals surface area contributed by atoms with Crippen molar-refractivity contribution in [2.75, 3.05) is 18.6 Å². The summed E-state index contributed by atoms with van der Waals surface area (Å²) in [5.74, 6) is 9.60. The molecule has 5 rings (SSSR count). The summed E-state index contributed by atoms with van der Waals surface area (Å²) in [5.41, 5.74) is 5.37. The van der Waals surface area contributed by atoms with Gasteiger partial charge in [-0.2, -0.15) is 5.10 Å². The Morgan fingerprint density at radius 2 is 1.77 bits per heavy atom. The highest BCUT2D eigenvalue weighted by molar-refractivity contribution is 5.95. The van der Waals surface area contributed by atoms with Crippen molar-refractivity contribution in [1.29, 1.82) is 0 Å². The predicted octanol–water partition coefficient (Wildman–Crippen LogP) is 7.26. The third-order valence-corrected chi connectivity index (χ3v) is 8.82. The lowest BCUT2D eigenvalue weighted by molar-refractivity contribution is -0.123. The molecular weight excluding hydrogens is 482 g/mol. The Bertz CT molecular complexity index is 1300. The highest BCUT2D eigenvalue weighted by atomic mass is 16.5. The zero-order valence-corrected chi connectivity index (χ0v) is 23.6. The molecule has 2 aliphatic rings. The standard InChI is InChI=1S/C34H41N3O2/c1-24-7-13-30(14-8-24)34(38)37(32-6-4-5-26(20-32)9-10-28-21-35-36-22-28)23-27-11-15-29(16-12-27)31-17-18-33(39-3)25(2)19-31/h4-6,17-22,24,27,29-30H,7-8,11-16,23H2,1-3H3,(H,35,36)/t24-,27-,29-,30-. The molecular formula is C34H41N3O2. The van der Waals surface area contributed by atoms with Crippen molar-refractivity contribution in [3.8, 4) is 17.6 Å². The van der Waals surface area contributed by atoms with E-state index in [0.717, 1.165) is 86.4 Å². The first kappa shape index (κ1) is 27.1. The Hall–Kier alpha value is -3.52. The van der Waals surface area contributed by atoms with Crippen LogP contribution < -0.4 is 9.64 Å². The summed E-state index contributed by atoms with van der Waals surface area (Å²) in [4.78, 5) is 16.1. The molecule has 2 saturated carbocycles. The number of carbonyl (C=O) groups is 1. The molecule has 5 heteroatoms. The number of H-pyrrole nitrogens is 1. The number of hydrogen-bond acceptors (Lipinski definition) is 3. The first-order valence-electron chi connectivity index (χ1n) is 14.6. The zero-order valence-electron chi connectivity index (χ0n) is 23.6. The van der Waals surface area contributed by atoms with Crippen molar-refractivity contribution in [3.63, 3.8) is 0 Å². The number of benzene rings is 2. The minimum absolute atomic E-state index is 0.125. The monoisotopic (exact) mass is 523 g/mol. The van der Waals surface area contributed by atoms with Gasteiger partial charge in [-0.15, -0.1) is 0 Å². The fraction of sp³-hybridized carbons (Fsp3) is 0.471. The molecule has 5 nitrogen and oxygen atoms in total. The van der Waals surface area contributed by atoms with E-state index < -0.39 is 0 Å². The number of anilines is 1. The molecule has 2 aromatic carbocycles. The van der Waals surface area contributed by atoms with E-state index in [0.29, 0.717) is 17.7 Å². The molecule has 0 unspecified atom stereocenters. The second kappa shape index (κ2) is 12.6. The Morgan fingerprint density at radius 3 is 2.46 bits per heavy atom. The van der Waals surface area contributed by atoms with Crippen molar-refractivity contribution < 1.29 is 9.53 Å². The fourth-order valence-electron chi connectivity index (χ4n) is 6.36. The summed E-state index contributed by atoms with van der Waals surface area (Å²) >= 11 is 0. The van der Waals surface area contributed by atoms with Gasteiger partial charge in [-0.3, -0.25) is 9.89 Å². The van der Waals surface area contributed by atoms with Crippen LogP contribution in [0.15, 0.2) is 54.9 Å². The third kappa shape index (κ3) is 6.74. The van der Waals surface area contributed by atoms with Gasteiger partial charge in [0.25, 0.3) is 0 Å². The van der Waals surface area contributed by atoms with Crippen LogP contribution in [0.5, 0.6) is 5.75 Å². The molecule has 0 saturated heterocycles. The average Bonchev–Trinajstić information content (AvgIpc) is 3.49. The lowest BCUT2D eigenvalue weighted by Crippen LogP contribution is -2.41. The summed E-state index contributed by atoms with van der Waals surface area (Å²) in [7, 11) is 1.73.